The topological polar surface area (TPSA) is 46.2 Å². The van der Waals surface area contributed by atoms with Crippen molar-refractivity contribution in [3.8, 4) is 0 Å². The normalized spacial score (nSPS) is 45.6. The molecule has 2 atom stereocenters. The molecule has 3 N–H and O–H groups in total. The first-order valence-corrected chi connectivity index (χ1v) is 7.12. The van der Waals surface area contributed by atoms with Gasteiger partial charge in [-0.2, -0.15) is 0 Å². The van der Waals surface area contributed by atoms with Gasteiger partial charge in [0.25, 0.3) is 0 Å². The molecule has 0 radical (unpaired) electrons. The molecule has 2 heteroatoms. The summed E-state index contributed by atoms with van der Waals surface area (Å²) in [5.74, 6) is 1.41. The lowest BCUT2D eigenvalue weighted by Gasteiger charge is -2.44. The van der Waals surface area contributed by atoms with Crippen molar-refractivity contribution in [2.24, 2.45) is 17.6 Å². The van der Waals surface area contributed by atoms with Crippen molar-refractivity contribution in [2.45, 2.75) is 76.4 Å². The van der Waals surface area contributed by atoms with Crippen molar-refractivity contribution >= 4 is 0 Å². The first-order chi connectivity index (χ1) is 7.64. The minimum atomic E-state index is -0.371. The highest BCUT2D eigenvalue weighted by atomic mass is 16.3. The summed E-state index contributed by atoms with van der Waals surface area (Å²) in [5.41, 5.74) is 5.56. The summed E-state index contributed by atoms with van der Waals surface area (Å²) in [5, 5.41) is 10.8. The molecule has 0 bridgehead atoms. The van der Waals surface area contributed by atoms with E-state index in [4.69, 9.17) is 5.73 Å². The summed E-state index contributed by atoms with van der Waals surface area (Å²) < 4.78 is 0. The Morgan fingerprint density at radius 1 is 1.19 bits per heavy atom. The number of hydrogen-bond acceptors (Lipinski definition) is 2. The van der Waals surface area contributed by atoms with Crippen molar-refractivity contribution < 1.29 is 5.11 Å². The predicted octanol–water partition coefficient (Wildman–Crippen LogP) is 2.84. The average Bonchev–Trinajstić information content (AvgIpc) is 2.33. The third kappa shape index (κ3) is 2.60. The van der Waals surface area contributed by atoms with Crippen LogP contribution in [0.15, 0.2) is 0 Å². The molecule has 2 rings (SSSR count). The molecule has 0 heterocycles. The molecule has 2 unspecified atom stereocenters. The van der Waals surface area contributed by atoms with Gasteiger partial charge in [-0.05, 0) is 50.4 Å². The van der Waals surface area contributed by atoms with E-state index in [0.29, 0.717) is 12.0 Å². The van der Waals surface area contributed by atoms with E-state index in [1.165, 1.54) is 32.1 Å². The van der Waals surface area contributed by atoms with Crippen molar-refractivity contribution in [1.29, 1.82) is 0 Å². The van der Waals surface area contributed by atoms with Crippen LogP contribution in [0.4, 0.5) is 0 Å². The van der Waals surface area contributed by atoms with E-state index in [-0.39, 0.29) is 5.60 Å². The van der Waals surface area contributed by atoms with Gasteiger partial charge in [0.05, 0.1) is 5.60 Å². The van der Waals surface area contributed by atoms with Gasteiger partial charge in [0.2, 0.25) is 0 Å². The largest absolute Gasteiger partial charge is 0.390 e. The molecule has 2 nitrogen and oxygen atoms in total. The minimum absolute atomic E-state index is 0.339. The molecule has 0 amide bonds. The maximum absolute atomic E-state index is 10.8. The van der Waals surface area contributed by atoms with Crippen LogP contribution < -0.4 is 5.73 Å². The smallest absolute Gasteiger partial charge is 0.0677 e. The van der Waals surface area contributed by atoms with Gasteiger partial charge in [-0.3, -0.25) is 0 Å². The Morgan fingerprint density at radius 2 is 1.88 bits per heavy atom. The van der Waals surface area contributed by atoms with Crippen molar-refractivity contribution in [3.63, 3.8) is 0 Å². The highest BCUT2D eigenvalue weighted by Gasteiger charge is 2.41. The standard InChI is InChI=1S/C14H27NO/c1-2-11-4-3-5-12(10-11)14(16)8-6-13(15)7-9-14/h11-13,16H,2-10,15H2,1H3. The average molecular weight is 225 g/mol. The third-order valence-electron chi connectivity index (χ3n) is 5.02. The Bertz CT molecular complexity index is 221. The molecule has 0 aromatic heterocycles. The van der Waals surface area contributed by atoms with Gasteiger partial charge in [0, 0.05) is 6.04 Å². The van der Waals surface area contributed by atoms with Crippen LogP contribution >= 0.6 is 0 Å². The van der Waals surface area contributed by atoms with Gasteiger partial charge in [-0.1, -0.05) is 26.2 Å². The van der Waals surface area contributed by atoms with Gasteiger partial charge < -0.3 is 10.8 Å². The van der Waals surface area contributed by atoms with Crippen molar-refractivity contribution in [2.75, 3.05) is 0 Å². The summed E-state index contributed by atoms with van der Waals surface area (Å²) in [6.45, 7) is 2.29. The number of hydrogen-bond donors (Lipinski definition) is 2. The lowest BCUT2D eigenvalue weighted by molar-refractivity contribution is -0.0710. The minimum Gasteiger partial charge on any atom is -0.390 e. The van der Waals surface area contributed by atoms with E-state index in [1.807, 2.05) is 0 Å². The Labute approximate surface area is 99.6 Å². The first kappa shape index (κ1) is 12.4. The van der Waals surface area contributed by atoms with E-state index in [0.717, 1.165) is 31.6 Å². The van der Waals surface area contributed by atoms with Crippen LogP contribution in [0.2, 0.25) is 0 Å². The second-order valence-corrected chi connectivity index (χ2v) is 6.08. The van der Waals surface area contributed by atoms with Gasteiger partial charge >= 0.3 is 0 Å². The molecule has 0 saturated heterocycles. The van der Waals surface area contributed by atoms with Gasteiger partial charge in [0.1, 0.15) is 0 Å². The SMILES string of the molecule is CCC1CCCC(C2(O)CCC(N)CC2)C1. The number of nitrogens with two attached hydrogens (primary N) is 1. The van der Waals surface area contributed by atoms with E-state index in [2.05, 4.69) is 6.92 Å². The first-order valence-electron chi connectivity index (χ1n) is 7.12. The van der Waals surface area contributed by atoms with E-state index in [1.54, 1.807) is 0 Å². The molecule has 2 saturated carbocycles. The van der Waals surface area contributed by atoms with Gasteiger partial charge in [-0.25, -0.2) is 0 Å². The van der Waals surface area contributed by atoms with Crippen LogP contribution in [0.3, 0.4) is 0 Å². The highest BCUT2D eigenvalue weighted by Crippen LogP contribution is 2.43. The molecule has 94 valence electrons. The zero-order chi connectivity index (χ0) is 11.6. The third-order valence-corrected chi connectivity index (χ3v) is 5.02. The molecular formula is C14H27NO. The molecule has 16 heavy (non-hydrogen) atoms. The molecular weight excluding hydrogens is 198 g/mol. The van der Waals surface area contributed by atoms with Crippen LogP contribution in [-0.2, 0) is 0 Å². The predicted molar refractivity (Wildman–Crippen MR) is 67.1 cm³/mol. The van der Waals surface area contributed by atoms with Crippen molar-refractivity contribution in [3.05, 3.63) is 0 Å². The van der Waals surface area contributed by atoms with Crippen LogP contribution in [0.25, 0.3) is 0 Å². The van der Waals surface area contributed by atoms with E-state index in [9.17, 15) is 5.11 Å². The lowest BCUT2D eigenvalue weighted by atomic mass is 9.66. The van der Waals surface area contributed by atoms with Crippen molar-refractivity contribution in [1.82, 2.24) is 0 Å². The van der Waals surface area contributed by atoms with Gasteiger partial charge in [-0.15, -0.1) is 0 Å². The Hall–Kier alpha value is -0.0800. The maximum atomic E-state index is 10.8. The van der Waals surface area contributed by atoms with E-state index >= 15 is 0 Å². The summed E-state index contributed by atoms with van der Waals surface area (Å²) in [6.07, 6.45) is 10.4. The summed E-state index contributed by atoms with van der Waals surface area (Å²) in [7, 11) is 0. The Kier molecular flexibility index (Phi) is 3.91. The molecule has 0 aromatic rings. The molecule has 0 aliphatic heterocycles. The van der Waals surface area contributed by atoms with Crippen LogP contribution in [-0.4, -0.2) is 16.7 Å². The van der Waals surface area contributed by atoms with Gasteiger partial charge in [0.15, 0.2) is 0 Å². The Morgan fingerprint density at radius 3 is 2.50 bits per heavy atom. The second-order valence-electron chi connectivity index (χ2n) is 6.08. The maximum Gasteiger partial charge on any atom is 0.0677 e. The molecule has 2 aliphatic carbocycles. The lowest BCUT2D eigenvalue weighted by Crippen LogP contribution is -2.46. The number of aliphatic hydroxyl groups is 1. The monoisotopic (exact) mass is 225 g/mol. The molecule has 0 spiro atoms. The fourth-order valence-corrected chi connectivity index (χ4v) is 3.70. The number of rotatable bonds is 2. The molecule has 0 aromatic carbocycles. The molecule has 2 fully saturated rings. The zero-order valence-electron chi connectivity index (χ0n) is 10.6. The Balaban J connectivity index is 1.94. The summed E-state index contributed by atoms with van der Waals surface area (Å²) in [4.78, 5) is 0. The fraction of sp³-hybridized carbons (Fsp3) is 1.00. The zero-order valence-corrected chi connectivity index (χ0v) is 10.6. The van der Waals surface area contributed by atoms with E-state index < -0.39 is 0 Å². The second kappa shape index (κ2) is 5.05. The quantitative estimate of drug-likeness (QED) is 0.759. The summed E-state index contributed by atoms with van der Waals surface area (Å²) in [6, 6.07) is 0.339. The fourth-order valence-electron chi connectivity index (χ4n) is 3.70. The molecule has 2 aliphatic rings. The highest BCUT2D eigenvalue weighted by molar-refractivity contribution is 4.94. The van der Waals surface area contributed by atoms with Crippen LogP contribution in [0, 0.1) is 11.8 Å². The van der Waals surface area contributed by atoms with Crippen LogP contribution in [0.5, 0.6) is 0 Å². The summed E-state index contributed by atoms with van der Waals surface area (Å²) >= 11 is 0. The van der Waals surface area contributed by atoms with Crippen LogP contribution in [0.1, 0.15) is 64.7 Å².